The van der Waals surface area contributed by atoms with Crippen LogP contribution in [0.1, 0.15) is 81.4 Å². The smallest absolute Gasteiger partial charge is 0.421 e. The standard InChI is InChI=1S/C40H52N6O7S/c1-25-22-26(2)34(27(3)23-25)54(50,51)44-32(36(48)52-39(4,5)6)24-41-35(47)28-14-16-30(17-15-28)45-20-18-29(19-21-45)42-37-43-31-12-10-11-13-33(31)46(37)38(49)53-40(7,8)9/h10-17,22-23,29,32,44H,18-21,24H2,1-9H3,(H,41,47)(H,42,43). The summed E-state index contributed by atoms with van der Waals surface area (Å²) in [7, 11) is -4.15. The van der Waals surface area contributed by atoms with Gasteiger partial charge in [-0.15, -0.1) is 0 Å². The summed E-state index contributed by atoms with van der Waals surface area (Å²) in [5, 5.41) is 6.18. The van der Waals surface area contributed by atoms with Crippen LogP contribution in [0, 0.1) is 20.8 Å². The number of esters is 1. The number of ether oxygens (including phenoxy) is 2. The van der Waals surface area contributed by atoms with Crippen molar-refractivity contribution >= 4 is 50.7 Å². The molecule has 0 aliphatic carbocycles. The van der Waals surface area contributed by atoms with Gasteiger partial charge in [-0.3, -0.25) is 9.59 Å². The molecule has 0 bridgehead atoms. The minimum Gasteiger partial charge on any atom is -0.459 e. The van der Waals surface area contributed by atoms with Crippen molar-refractivity contribution in [1.82, 2.24) is 19.6 Å². The second-order valence-corrected chi connectivity index (χ2v) is 17.5. The Morgan fingerprint density at radius 3 is 2.06 bits per heavy atom. The minimum atomic E-state index is -4.15. The molecule has 13 nitrogen and oxygen atoms in total. The summed E-state index contributed by atoms with van der Waals surface area (Å²) in [6.07, 6.45) is 1.07. The minimum absolute atomic E-state index is 0.0680. The van der Waals surface area contributed by atoms with Crippen molar-refractivity contribution in [2.24, 2.45) is 0 Å². The normalized spacial score (nSPS) is 14.8. The zero-order valence-electron chi connectivity index (χ0n) is 32.6. The molecule has 1 fully saturated rings. The molecule has 2 heterocycles. The summed E-state index contributed by atoms with van der Waals surface area (Å²) >= 11 is 0. The summed E-state index contributed by atoms with van der Waals surface area (Å²) in [6.45, 7) is 17.0. The summed E-state index contributed by atoms with van der Waals surface area (Å²) in [4.78, 5) is 46.6. The molecule has 1 unspecified atom stereocenters. The van der Waals surface area contributed by atoms with E-state index in [9.17, 15) is 22.8 Å². The molecule has 290 valence electrons. The van der Waals surface area contributed by atoms with Crippen molar-refractivity contribution in [3.8, 4) is 0 Å². The lowest BCUT2D eigenvalue weighted by molar-refractivity contribution is -0.156. The zero-order valence-corrected chi connectivity index (χ0v) is 33.4. The van der Waals surface area contributed by atoms with E-state index in [1.807, 2.05) is 64.1 Å². The van der Waals surface area contributed by atoms with Crippen LogP contribution in [0.25, 0.3) is 11.0 Å². The Hall–Kier alpha value is -4.95. The second kappa shape index (κ2) is 15.8. The lowest BCUT2D eigenvalue weighted by atomic mass is 10.0. The number of anilines is 2. The molecule has 14 heteroatoms. The molecular formula is C40H52N6O7S. The van der Waals surface area contributed by atoms with Gasteiger partial charge in [0.2, 0.25) is 16.0 Å². The quantitative estimate of drug-likeness (QED) is 0.158. The molecule has 5 rings (SSSR count). The van der Waals surface area contributed by atoms with E-state index in [0.29, 0.717) is 33.7 Å². The number of nitrogens with zero attached hydrogens (tertiary/aromatic N) is 3. The number of fused-ring (bicyclic) bond motifs is 1. The maximum atomic E-state index is 13.5. The Morgan fingerprint density at radius 1 is 0.870 bits per heavy atom. The van der Waals surface area contributed by atoms with Gasteiger partial charge in [0.15, 0.2) is 0 Å². The second-order valence-electron chi connectivity index (χ2n) is 15.8. The van der Waals surface area contributed by atoms with Gasteiger partial charge >= 0.3 is 12.1 Å². The lowest BCUT2D eigenvalue weighted by Crippen LogP contribution is -2.50. The number of aryl methyl sites for hydroxylation is 3. The number of benzene rings is 3. The number of para-hydroxylation sites is 2. The van der Waals surface area contributed by atoms with Crippen molar-refractivity contribution in [3.63, 3.8) is 0 Å². The number of carbonyl (C=O) groups excluding carboxylic acids is 3. The van der Waals surface area contributed by atoms with Crippen molar-refractivity contribution < 1.29 is 32.3 Å². The van der Waals surface area contributed by atoms with Crippen LogP contribution in [-0.2, 0) is 24.3 Å². The van der Waals surface area contributed by atoms with E-state index in [1.165, 1.54) is 4.57 Å². The fraction of sp³-hybridized carbons (Fsp3) is 0.450. The topological polar surface area (TPSA) is 161 Å². The summed E-state index contributed by atoms with van der Waals surface area (Å²) in [6, 6.07) is 16.8. The van der Waals surface area contributed by atoms with Crippen LogP contribution in [0.15, 0.2) is 65.6 Å². The van der Waals surface area contributed by atoms with Crippen LogP contribution in [0.4, 0.5) is 16.4 Å². The molecule has 3 aromatic carbocycles. The number of aromatic nitrogens is 2. The van der Waals surface area contributed by atoms with E-state index >= 15 is 0 Å². The number of imidazole rings is 1. The van der Waals surface area contributed by atoms with E-state index in [-0.39, 0.29) is 17.5 Å². The van der Waals surface area contributed by atoms with E-state index in [2.05, 4.69) is 20.3 Å². The van der Waals surface area contributed by atoms with Crippen molar-refractivity contribution in [3.05, 3.63) is 82.9 Å². The van der Waals surface area contributed by atoms with Crippen LogP contribution in [0.5, 0.6) is 0 Å². The highest BCUT2D eigenvalue weighted by Gasteiger charge is 2.32. The number of carbonyl (C=O) groups is 3. The van der Waals surface area contributed by atoms with Crippen molar-refractivity contribution in [2.75, 3.05) is 29.9 Å². The maximum Gasteiger partial charge on any atom is 0.421 e. The van der Waals surface area contributed by atoms with Crippen LogP contribution in [0.3, 0.4) is 0 Å². The number of hydrogen-bond donors (Lipinski definition) is 3. The molecule has 4 aromatic rings. The van der Waals surface area contributed by atoms with Gasteiger partial charge < -0.3 is 25.0 Å². The third kappa shape index (κ3) is 9.97. The zero-order chi connectivity index (χ0) is 39.6. The van der Waals surface area contributed by atoms with Crippen molar-refractivity contribution in [2.45, 2.75) is 103 Å². The summed E-state index contributed by atoms with van der Waals surface area (Å²) in [5.74, 6) is -0.821. The first kappa shape index (κ1) is 40.2. The van der Waals surface area contributed by atoms with Gasteiger partial charge in [0, 0.05) is 36.9 Å². The van der Waals surface area contributed by atoms with Gasteiger partial charge in [0.05, 0.1) is 15.9 Å². The Balaban J connectivity index is 1.21. The molecule has 1 aromatic heterocycles. The molecule has 1 saturated heterocycles. The average molecular weight is 761 g/mol. The van der Waals surface area contributed by atoms with Gasteiger partial charge in [-0.1, -0.05) is 29.8 Å². The molecule has 1 aliphatic rings. The van der Waals surface area contributed by atoms with Gasteiger partial charge in [-0.2, -0.15) is 4.72 Å². The van der Waals surface area contributed by atoms with Gasteiger partial charge in [0.1, 0.15) is 17.2 Å². The first-order valence-electron chi connectivity index (χ1n) is 18.1. The first-order valence-corrected chi connectivity index (χ1v) is 19.6. The number of amides is 1. The molecule has 1 amide bonds. The Labute approximate surface area is 317 Å². The summed E-state index contributed by atoms with van der Waals surface area (Å²) < 4.78 is 42.3. The monoisotopic (exact) mass is 760 g/mol. The van der Waals surface area contributed by atoms with Crippen LogP contribution in [0.2, 0.25) is 0 Å². The highest BCUT2D eigenvalue weighted by atomic mass is 32.2. The fourth-order valence-electron chi connectivity index (χ4n) is 6.58. The third-order valence-electron chi connectivity index (χ3n) is 8.79. The highest BCUT2D eigenvalue weighted by molar-refractivity contribution is 7.89. The average Bonchev–Trinajstić information content (AvgIpc) is 3.42. The SMILES string of the molecule is Cc1cc(C)c(S(=O)(=O)NC(CNC(=O)c2ccc(N3CCC(Nc4nc5ccccc5n4C(=O)OC(C)(C)C)CC3)cc2)C(=O)OC(C)(C)C)c(C)c1. The van der Waals surface area contributed by atoms with E-state index < -0.39 is 45.2 Å². The number of hydrogen-bond acceptors (Lipinski definition) is 10. The van der Waals surface area contributed by atoms with Gasteiger partial charge in [-0.25, -0.2) is 22.8 Å². The lowest BCUT2D eigenvalue weighted by Gasteiger charge is -2.34. The first-order chi connectivity index (χ1) is 25.2. The molecular weight excluding hydrogens is 709 g/mol. The van der Waals surface area contributed by atoms with E-state index in [4.69, 9.17) is 14.5 Å². The Kier molecular flexibility index (Phi) is 11.8. The number of sulfonamides is 1. The predicted molar refractivity (Wildman–Crippen MR) is 210 cm³/mol. The molecule has 1 aliphatic heterocycles. The molecule has 1 atom stereocenters. The van der Waals surface area contributed by atoms with E-state index in [1.54, 1.807) is 58.9 Å². The van der Waals surface area contributed by atoms with Gasteiger partial charge in [0.25, 0.3) is 5.91 Å². The number of nitrogens with one attached hydrogen (secondary N) is 3. The Bertz CT molecular complexity index is 2100. The molecule has 0 spiro atoms. The highest BCUT2D eigenvalue weighted by Crippen LogP contribution is 2.27. The molecule has 3 N–H and O–H groups in total. The molecule has 54 heavy (non-hydrogen) atoms. The van der Waals surface area contributed by atoms with Crippen LogP contribution < -0.4 is 20.3 Å². The van der Waals surface area contributed by atoms with Gasteiger partial charge in [-0.05, 0) is 123 Å². The largest absolute Gasteiger partial charge is 0.459 e. The van der Waals surface area contributed by atoms with Crippen molar-refractivity contribution in [1.29, 1.82) is 0 Å². The molecule has 0 radical (unpaired) electrons. The Morgan fingerprint density at radius 2 is 1.46 bits per heavy atom. The molecule has 0 saturated carbocycles. The predicted octanol–water partition coefficient (Wildman–Crippen LogP) is 6.24. The fourth-order valence-corrected chi connectivity index (χ4v) is 8.22. The number of piperidine rings is 1. The number of rotatable bonds is 10. The third-order valence-corrected chi connectivity index (χ3v) is 10.6. The van der Waals surface area contributed by atoms with E-state index in [0.717, 1.165) is 37.2 Å². The summed E-state index contributed by atoms with van der Waals surface area (Å²) in [5.41, 5.74) is 3.13. The maximum absolute atomic E-state index is 13.5. The van der Waals surface area contributed by atoms with Crippen LogP contribution >= 0.6 is 0 Å². The van der Waals surface area contributed by atoms with Crippen LogP contribution in [-0.4, -0.2) is 78.9 Å².